The van der Waals surface area contributed by atoms with E-state index in [9.17, 15) is 13.2 Å². The van der Waals surface area contributed by atoms with E-state index in [1.165, 1.54) is 18.6 Å². The molecule has 1 aliphatic carbocycles. The Balaban J connectivity index is 1.84. The van der Waals surface area contributed by atoms with Gasteiger partial charge in [0.15, 0.2) is 17.5 Å². The van der Waals surface area contributed by atoms with Crippen molar-refractivity contribution in [1.82, 2.24) is 0 Å². The zero-order valence-electron chi connectivity index (χ0n) is 19.5. The fourth-order valence-electron chi connectivity index (χ4n) is 4.89. The van der Waals surface area contributed by atoms with Gasteiger partial charge in [-0.3, -0.25) is 0 Å². The van der Waals surface area contributed by atoms with Crippen LogP contribution in [0.4, 0.5) is 22.0 Å². The van der Waals surface area contributed by atoms with Gasteiger partial charge in [0.05, 0.1) is 5.39 Å². The molecule has 0 spiro atoms. The number of allylic oxidation sites excluding steroid dienone is 3. The second kappa shape index (κ2) is 11.8. The summed E-state index contributed by atoms with van der Waals surface area (Å²) >= 11 is 0. The summed E-state index contributed by atoms with van der Waals surface area (Å²) in [5.41, 5.74) is -0.520. The third-order valence-corrected chi connectivity index (χ3v) is 6.88. The highest BCUT2D eigenvalue weighted by atomic mass is 19.2. The number of hydrogen-bond donors (Lipinski definition) is 0. The Kier molecular flexibility index (Phi) is 9.10. The molecule has 0 atom stereocenters. The van der Waals surface area contributed by atoms with Crippen LogP contribution in [0.25, 0.3) is 16.6 Å². The van der Waals surface area contributed by atoms with E-state index in [0.717, 1.165) is 38.2 Å². The van der Waals surface area contributed by atoms with Crippen LogP contribution in [0.15, 0.2) is 36.2 Å². The molecule has 1 fully saturated rings. The Morgan fingerprint density at radius 3 is 2.36 bits per heavy atom. The van der Waals surface area contributed by atoms with Gasteiger partial charge in [-0.1, -0.05) is 50.8 Å². The number of unbranched alkanes of at least 4 members (excludes halogenated alkanes) is 2. The van der Waals surface area contributed by atoms with Gasteiger partial charge in [-0.2, -0.15) is 0 Å². The van der Waals surface area contributed by atoms with Gasteiger partial charge in [0.25, 0.3) is 0 Å². The lowest BCUT2D eigenvalue weighted by Crippen LogP contribution is -2.15. The van der Waals surface area contributed by atoms with Crippen molar-refractivity contribution in [3.8, 4) is 0 Å². The first-order chi connectivity index (χ1) is 15.9. The van der Waals surface area contributed by atoms with Crippen LogP contribution in [-0.4, -0.2) is 0 Å². The summed E-state index contributed by atoms with van der Waals surface area (Å²) in [5.74, 6) is -6.12. The van der Waals surface area contributed by atoms with Crippen molar-refractivity contribution in [3.05, 3.63) is 64.8 Å². The molecule has 0 N–H and O–H groups in total. The maximum Gasteiger partial charge on any atom is 0.169 e. The molecule has 0 heterocycles. The summed E-state index contributed by atoms with van der Waals surface area (Å²) in [6, 6.07) is 3.82. The Bertz CT molecular complexity index is 1010. The van der Waals surface area contributed by atoms with E-state index in [-0.39, 0.29) is 17.4 Å². The lowest BCUT2D eigenvalue weighted by molar-refractivity contribution is 0.258. The molecule has 5 heteroatoms. The number of aryl methyl sites for hydroxylation is 1. The smallest absolute Gasteiger partial charge is 0.169 e. The fourth-order valence-corrected chi connectivity index (χ4v) is 4.89. The average molecular weight is 465 g/mol. The molecular formula is C28H33F5. The molecule has 1 aliphatic rings. The molecule has 2 aromatic carbocycles. The van der Waals surface area contributed by atoms with Crippen molar-refractivity contribution < 1.29 is 22.0 Å². The first-order valence-corrected chi connectivity index (χ1v) is 12.1. The molecule has 0 unspecified atom stereocenters. The van der Waals surface area contributed by atoms with Crippen LogP contribution < -0.4 is 0 Å². The molecule has 180 valence electrons. The third-order valence-electron chi connectivity index (χ3n) is 6.88. The predicted molar refractivity (Wildman–Crippen MR) is 126 cm³/mol. The molecule has 0 saturated heterocycles. The molecule has 0 amide bonds. The van der Waals surface area contributed by atoms with Crippen molar-refractivity contribution >= 4 is 16.6 Å². The Morgan fingerprint density at radius 2 is 1.70 bits per heavy atom. The largest absolute Gasteiger partial charge is 0.208 e. The summed E-state index contributed by atoms with van der Waals surface area (Å²) < 4.78 is 74.3. The molecule has 3 rings (SSSR count). The van der Waals surface area contributed by atoms with Gasteiger partial charge in [0, 0.05) is 11.5 Å². The van der Waals surface area contributed by atoms with E-state index in [1.54, 1.807) is 0 Å². The molecule has 1 saturated carbocycles. The van der Waals surface area contributed by atoms with Crippen LogP contribution in [0, 0.1) is 29.3 Å². The fraction of sp³-hybridized carbons (Fsp3) is 0.500. The highest BCUT2D eigenvalue weighted by Crippen LogP contribution is 2.40. The van der Waals surface area contributed by atoms with Crippen molar-refractivity contribution in [1.29, 1.82) is 0 Å². The van der Waals surface area contributed by atoms with Gasteiger partial charge >= 0.3 is 0 Å². The minimum absolute atomic E-state index is 0.128. The number of benzene rings is 2. The van der Waals surface area contributed by atoms with Gasteiger partial charge in [0.2, 0.25) is 0 Å². The summed E-state index contributed by atoms with van der Waals surface area (Å²) in [6.07, 6.45) is 11.7. The van der Waals surface area contributed by atoms with Gasteiger partial charge in [0.1, 0.15) is 11.6 Å². The maximum atomic E-state index is 15.1. The lowest BCUT2D eigenvalue weighted by Gasteiger charge is -2.28. The molecule has 2 aromatic rings. The van der Waals surface area contributed by atoms with Crippen LogP contribution in [0.1, 0.15) is 82.8 Å². The SMILES string of the molecule is C/C=C/CCc1cc2ccc(C(F)=C(F)C3CCC(CCCCC)CC3)c(F)c2c(F)c1F. The van der Waals surface area contributed by atoms with E-state index in [2.05, 4.69) is 6.92 Å². The molecule has 0 nitrogen and oxygen atoms in total. The highest BCUT2D eigenvalue weighted by Gasteiger charge is 2.28. The number of rotatable bonds is 9. The monoisotopic (exact) mass is 464 g/mol. The van der Waals surface area contributed by atoms with Gasteiger partial charge in [-0.25, -0.2) is 22.0 Å². The molecular weight excluding hydrogens is 431 g/mol. The van der Waals surface area contributed by atoms with Crippen molar-refractivity contribution in [2.75, 3.05) is 0 Å². The van der Waals surface area contributed by atoms with Crippen molar-refractivity contribution in [2.45, 2.75) is 78.1 Å². The standard InChI is InChI=1S/C28H33F5/c1-3-5-7-9-18-11-13-19(14-12-18)24(29)27(32)22-16-15-20-17-21(10-8-6-4-2)25(30)28(33)23(20)26(22)31/h4,6,15-19H,3,5,7-14H2,1-2H3/b6-4+,27-24?. The quantitative estimate of drug-likeness (QED) is 0.197. The van der Waals surface area contributed by atoms with Gasteiger partial charge in [-0.15, -0.1) is 0 Å². The predicted octanol–water partition coefficient (Wildman–Crippen LogP) is 9.76. The van der Waals surface area contributed by atoms with Crippen LogP contribution in [-0.2, 0) is 6.42 Å². The Hall–Kier alpha value is -2.17. The second-order valence-corrected chi connectivity index (χ2v) is 9.17. The van der Waals surface area contributed by atoms with Crippen molar-refractivity contribution in [3.63, 3.8) is 0 Å². The van der Waals surface area contributed by atoms with E-state index in [4.69, 9.17) is 0 Å². The topological polar surface area (TPSA) is 0 Å². The summed E-state index contributed by atoms with van der Waals surface area (Å²) in [5, 5.41) is -0.506. The van der Waals surface area contributed by atoms with E-state index < -0.39 is 46.0 Å². The minimum atomic E-state index is -1.36. The molecule has 0 radical (unpaired) electrons. The van der Waals surface area contributed by atoms with Crippen LogP contribution in [0.5, 0.6) is 0 Å². The third kappa shape index (κ3) is 5.85. The number of halogens is 5. The zero-order chi connectivity index (χ0) is 24.0. The second-order valence-electron chi connectivity index (χ2n) is 9.17. The minimum Gasteiger partial charge on any atom is -0.208 e. The van der Waals surface area contributed by atoms with Crippen molar-refractivity contribution in [2.24, 2.45) is 11.8 Å². The van der Waals surface area contributed by atoms with E-state index in [1.807, 2.05) is 19.1 Å². The number of fused-ring (bicyclic) bond motifs is 1. The van der Waals surface area contributed by atoms with E-state index in [0.29, 0.717) is 25.2 Å². The average Bonchev–Trinajstić information content (AvgIpc) is 2.82. The first-order valence-electron chi connectivity index (χ1n) is 12.1. The van der Waals surface area contributed by atoms with E-state index >= 15 is 8.78 Å². The summed E-state index contributed by atoms with van der Waals surface area (Å²) in [7, 11) is 0. The first kappa shape index (κ1) is 25.5. The Labute approximate surface area is 193 Å². The van der Waals surface area contributed by atoms with Gasteiger partial charge in [-0.05, 0) is 74.4 Å². The van der Waals surface area contributed by atoms with Crippen LogP contribution in [0.3, 0.4) is 0 Å². The van der Waals surface area contributed by atoms with Crippen LogP contribution in [0.2, 0.25) is 0 Å². The molecule has 0 aliphatic heterocycles. The maximum absolute atomic E-state index is 15.1. The molecule has 0 bridgehead atoms. The molecule has 33 heavy (non-hydrogen) atoms. The van der Waals surface area contributed by atoms with Gasteiger partial charge < -0.3 is 0 Å². The lowest BCUT2D eigenvalue weighted by atomic mass is 9.79. The number of hydrogen-bond acceptors (Lipinski definition) is 0. The zero-order valence-corrected chi connectivity index (χ0v) is 19.5. The highest BCUT2D eigenvalue weighted by molar-refractivity contribution is 5.88. The Morgan fingerprint density at radius 1 is 0.970 bits per heavy atom. The molecule has 0 aromatic heterocycles. The normalized spacial score (nSPS) is 20.0. The van der Waals surface area contributed by atoms with Crippen LogP contribution >= 0.6 is 0 Å². The summed E-state index contributed by atoms with van der Waals surface area (Å²) in [6.45, 7) is 3.98. The summed E-state index contributed by atoms with van der Waals surface area (Å²) in [4.78, 5) is 0.